The summed E-state index contributed by atoms with van der Waals surface area (Å²) >= 11 is 0. The van der Waals surface area contributed by atoms with E-state index in [4.69, 9.17) is 0 Å². The molecule has 0 aliphatic carbocycles. The van der Waals surface area contributed by atoms with Crippen molar-refractivity contribution in [3.05, 3.63) is 17.0 Å². The van der Waals surface area contributed by atoms with Gasteiger partial charge < -0.3 is 5.32 Å². The van der Waals surface area contributed by atoms with E-state index >= 15 is 0 Å². The van der Waals surface area contributed by atoms with Crippen LogP contribution in [0.3, 0.4) is 0 Å². The minimum absolute atomic E-state index is 0.878. The number of nitrogens with one attached hydrogen (secondary N) is 2. The van der Waals surface area contributed by atoms with Crippen LogP contribution in [0.1, 0.15) is 30.3 Å². The molecule has 0 amide bonds. The average molecular weight is 167 g/mol. The molecule has 0 aromatic carbocycles. The molecule has 0 saturated heterocycles. The number of hydrogen-bond acceptors (Lipinski definition) is 2. The predicted octanol–water partition coefficient (Wildman–Crippen LogP) is 1.39. The second-order valence-electron chi connectivity index (χ2n) is 3.05. The third kappa shape index (κ3) is 1.85. The summed E-state index contributed by atoms with van der Waals surface area (Å²) in [7, 11) is 1.94. The van der Waals surface area contributed by atoms with Crippen LogP contribution in [0.15, 0.2) is 0 Å². The van der Waals surface area contributed by atoms with E-state index in [9.17, 15) is 0 Å². The van der Waals surface area contributed by atoms with Crippen molar-refractivity contribution >= 4 is 0 Å². The van der Waals surface area contributed by atoms with E-state index in [1.54, 1.807) is 0 Å². The van der Waals surface area contributed by atoms with Gasteiger partial charge in [-0.15, -0.1) is 0 Å². The zero-order valence-corrected chi connectivity index (χ0v) is 8.07. The first-order valence-electron chi connectivity index (χ1n) is 4.46. The lowest BCUT2D eigenvalue weighted by Gasteiger charge is -1.97. The molecular formula is C9H17N3. The Kier molecular flexibility index (Phi) is 3.29. The highest BCUT2D eigenvalue weighted by Crippen LogP contribution is 2.10. The summed E-state index contributed by atoms with van der Waals surface area (Å²) in [5, 5.41) is 10.4. The Morgan fingerprint density at radius 2 is 2.25 bits per heavy atom. The van der Waals surface area contributed by atoms with E-state index < -0.39 is 0 Å². The van der Waals surface area contributed by atoms with Crippen molar-refractivity contribution in [2.24, 2.45) is 0 Å². The molecule has 0 spiro atoms. The van der Waals surface area contributed by atoms with Crippen molar-refractivity contribution in [1.29, 1.82) is 0 Å². The molecule has 0 saturated carbocycles. The van der Waals surface area contributed by atoms with Crippen molar-refractivity contribution in [2.75, 3.05) is 7.05 Å². The van der Waals surface area contributed by atoms with Gasteiger partial charge in [0.05, 0.1) is 11.4 Å². The zero-order chi connectivity index (χ0) is 8.97. The van der Waals surface area contributed by atoms with Crippen LogP contribution < -0.4 is 5.32 Å². The van der Waals surface area contributed by atoms with Crippen LogP contribution in [-0.4, -0.2) is 17.2 Å². The monoisotopic (exact) mass is 167 g/mol. The summed E-state index contributed by atoms with van der Waals surface area (Å²) in [6.07, 6.45) is 2.23. The van der Waals surface area contributed by atoms with E-state index in [0.29, 0.717) is 0 Å². The normalized spacial score (nSPS) is 10.6. The lowest BCUT2D eigenvalue weighted by Crippen LogP contribution is -2.06. The molecule has 0 aliphatic rings. The molecule has 0 radical (unpaired) electrons. The molecule has 0 fully saturated rings. The lowest BCUT2D eigenvalue weighted by atomic mass is 10.1. The van der Waals surface area contributed by atoms with Crippen molar-refractivity contribution < 1.29 is 0 Å². The van der Waals surface area contributed by atoms with Crippen molar-refractivity contribution in [2.45, 2.75) is 33.2 Å². The van der Waals surface area contributed by atoms with Gasteiger partial charge in [0.1, 0.15) is 0 Å². The van der Waals surface area contributed by atoms with E-state index in [-0.39, 0.29) is 0 Å². The highest BCUT2D eigenvalue weighted by molar-refractivity contribution is 5.23. The molecule has 3 heteroatoms. The fraction of sp³-hybridized carbons (Fsp3) is 0.667. The van der Waals surface area contributed by atoms with Gasteiger partial charge in [-0.3, -0.25) is 5.10 Å². The highest BCUT2D eigenvalue weighted by Gasteiger charge is 2.05. The van der Waals surface area contributed by atoms with Crippen LogP contribution in [0, 0.1) is 6.92 Å². The first kappa shape index (κ1) is 9.26. The third-order valence-corrected chi connectivity index (χ3v) is 2.05. The Balaban J connectivity index is 2.74. The molecule has 0 aliphatic heterocycles. The first-order valence-corrected chi connectivity index (χ1v) is 4.46. The van der Waals surface area contributed by atoms with Gasteiger partial charge in [-0.2, -0.15) is 5.10 Å². The number of rotatable bonds is 4. The van der Waals surface area contributed by atoms with E-state index in [2.05, 4.69) is 29.4 Å². The summed E-state index contributed by atoms with van der Waals surface area (Å²) in [5.41, 5.74) is 3.73. The first-order chi connectivity index (χ1) is 5.79. The summed E-state index contributed by atoms with van der Waals surface area (Å²) in [4.78, 5) is 0. The van der Waals surface area contributed by atoms with Crippen LogP contribution in [0.4, 0.5) is 0 Å². The highest BCUT2D eigenvalue weighted by atomic mass is 15.1. The fourth-order valence-electron chi connectivity index (χ4n) is 1.31. The largest absolute Gasteiger partial charge is 0.314 e. The maximum Gasteiger partial charge on any atom is 0.0654 e. The molecule has 1 rings (SSSR count). The van der Waals surface area contributed by atoms with Crippen LogP contribution in [0.2, 0.25) is 0 Å². The Morgan fingerprint density at radius 3 is 2.83 bits per heavy atom. The van der Waals surface area contributed by atoms with E-state index in [1.165, 1.54) is 17.0 Å². The maximum atomic E-state index is 4.26. The Labute approximate surface area is 73.6 Å². The molecule has 0 atom stereocenters. The molecular weight excluding hydrogens is 150 g/mol. The molecule has 0 unspecified atom stereocenters. The van der Waals surface area contributed by atoms with E-state index in [1.807, 2.05) is 7.05 Å². The van der Waals surface area contributed by atoms with Crippen LogP contribution in [0.5, 0.6) is 0 Å². The molecule has 12 heavy (non-hydrogen) atoms. The third-order valence-electron chi connectivity index (χ3n) is 2.05. The van der Waals surface area contributed by atoms with Gasteiger partial charge in [0, 0.05) is 6.54 Å². The smallest absolute Gasteiger partial charge is 0.0654 e. The molecule has 1 aromatic rings. The van der Waals surface area contributed by atoms with Crippen LogP contribution in [-0.2, 0) is 13.0 Å². The number of aromatic nitrogens is 2. The van der Waals surface area contributed by atoms with Gasteiger partial charge in [-0.25, -0.2) is 0 Å². The molecule has 0 bridgehead atoms. The molecule has 1 aromatic heterocycles. The SMILES string of the molecule is CCCc1n[nH]c(CNC)c1C. The predicted molar refractivity (Wildman–Crippen MR) is 50.1 cm³/mol. The number of nitrogens with zero attached hydrogens (tertiary/aromatic N) is 1. The summed E-state index contributed by atoms with van der Waals surface area (Å²) in [6.45, 7) is 5.18. The van der Waals surface area contributed by atoms with Crippen LogP contribution >= 0.6 is 0 Å². The van der Waals surface area contributed by atoms with Gasteiger partial charge in [0.25, 0.3) is 0 Å². The number of aromatic amines is 1. The molecule has 2 N–H and O–H groups in total. The summed E-state index contributed by atoms with van der Waals surface area (Å²) in [5.74, 6) is 0. The van der Waals surface area contributed by atoms with Crippen molar-refractivity contribution in [3.8, 4) is 0 Å². The topological polar surface area (TPSA) is 40.7 Å². The summed E-state index contributed by atoms with van der Waals surface area (Å²) in [6, 6.07) is 0. The quantitative estimate of drug-likeness (QED) is 0.711. The van der Waals surface area contributed by atoms with Gasteiger partial charge in [0.15, 0.2) is 0 Å². The maximum absolute atomic E-state index is 4.26. The van der Waals surface area contributed by atoms with Crippen molar-refractivity contribution in [3.63, 3.8) is 0 Å². The van der Waals surface area contributed by atoms with Gasteiger partial charge in [0.2, 0.25) is 0 Å². The lowest BCUT2D eigenvalue weighted by molar-refractivity contribution is 0.778. The standard InChI is InChI=1S/C9H17N3/c1-4-5-8-7(2)9(6-10-3)12-11-8/h10H,4-6H2,1-3H3,(H,11,12). The fourth-order valence-corrected chi connectivity index (χ4v) is 1.31. The zero-order valence-electron chi connectivity index (χ0n) is 8.07. The van der Waals surface area contributed by atoms with E-state index in [0.717, 1.165) is 19.4 Å². The van der Waals surface area contributed by atoms with Crippen LogP contribution in [0.25, 0.3) is 0 Å². The van der Waals surface area contributed by atoms with Gasteiger partial charge >= 0.3 is 0 Å². The average Bonchev–Trinajstić information content (AvgIpc) is 2.38. The number of H-pyrrole nitrogens is 1. The van der Waals surface area contributed by atoms with Gasteiger partial charge in [-0.05, 0) is 26.0 Å². The Morgan fingerprint density at radius 1 is 1.50 bits per heavy atom. The second-order valence-corrected chi connectivity index (χ2v) is 3.05. The molecule has 3 nitrogen and oxygen atoms in total. The minimum Gasteiger partial charge on any atom is -0.314 e. The van der Waals surface area contributed by atoms with Crippen molar-refractivity contribution in [1.82, 2.24) is 15.5 Å². The molecule has 1 heterocycles. The Bertz CT molecular complexity index is 216. The number of aryl methyl sites for hydroxylation is 1. The summed E-state index contributed by atoms with van der Waals surface area (Å²) < 4.78 is 0. The molecule has 68 valence electrons. The van der Waals surface area contributed by atoms with Gasteiger partial charge in [-0.1, -0.05) is 13.3 Å². The second kappa shape index (κ2) is 4.26. The minimum atomic E-state index is 0.878. The Hall–Kier alpha value is -0.830. The number of hydrogen-bond donors (Lipinski definition) is 2.